The summed E-state index contributed by atoms with van der Waals surface area (Å²) in [6.07, 6.45) is 4.34. The largest absolute Gasteiger partial charge is 0.381 e. The minimum absolute atomic E-state index is 0.130. The highest BCUT2D eigenvalue weighted by Crippen LogP contribution is 2.24. The van der Waals surface area contributed by atoms with Crippen LogP contribution < -0.4 is 5.48 Å². The van der Waals surface area contributed by atoms with Crippen LogP contribution in [0.25, 0.3) is 11.0 Å². The van der Waals surface area contributed by atoms with Crippen LogP contribution >= 0.6 is 0 Å². The zero-order valence-electron chi connectivity index (χ0n) is 12.7. The Morgan fingerprint density at radius 3 is 3.00 bits per heavy atom. The van der Waals surface area contributed by atoms with Crippen LogP contribution in [0.15, 0.2) is 12.5 Å². The van der Waals surface area contributed by atoms with Crippen LogP contribution in [0.5, 0.6) is 0 Å². The highest BCUT2D eigenvalue weighted by atomic mass is 16.6. The fraction of sp³-hybridized carbons (Fsp3) is 0.643. The lowest BCUT2D eigenvalue weighted by Crippen LogP contribution is -2.23. The summed E-state index contributed by atoms with van der Waals surface area (Å²) in [6, 6.07) is 0. The first-order valence-corrected chi connectivity index (χ1v) is 7.20. The zero-order valence-corrected chi connectivity index (χ0v) is 12.7. The molecule has 7 nitrogen and oxygen atoms in total. The van der Waals surface area contributed by atoms with Crippen molar-refractivity contribution < 1.29 is 9.57 Å². The molecule has 1 atom stereocenters. The van der Waals surface area contributed by atoms with Gasteiger partial charge >= 0.3 is 0 Å². The molecule has 1 aliphatic heterocycles. The first-order chi connectivity index (χ1) is 10.1. The van der Waals surface area contributed by atoms with E-state index < -0.39 is 0 Å². The second-order valence-electron chi connectivity index (χ2n) is 6.33. The van der Waals surface area contributed by atoms with Crippen LogP contribution in [0.1, 0.15) is 27.2 Å². The Hall–Kier alpha value is -1.73. The topological polar surface area (TPSA) is 74.1 Å². The molecular formula is C14H21N5O2. The number of nitrogens with zero attached hydrogens (tertiary/aromatic N) is 4. The minimum Gasteiger partial charge on any atom is -0.381 e. The molecule has 7 heteroatoms. The van der Waals surface area contributed by atoms with Gasteiger partial charge in [0.1, 0.15) is 6.33 Å². The number of hydrogen-bond donors (Lipinski definition) is 1. The molecule has 0 amide bonds. The van der Waals surface area contributed by atoms with Gasteiger partial charge < -0.3 is 4.74 Å². The summed E-state index contributed by atoms with van der Waals surface area (Å²) >= 11 is 0. The maximum Gasteiger partial charge on any atom is 0.164 e. The number of rotatable bonds is 4. The van der Waals surface area contributed by atoms with Gasteiger partial charge in [-0.2, -0.15) is 5.10 Å². The third-order valence-corrected chi connectivity index (χ3v) is 3.51. The fourth-order valence-electron chi connectivity index (χ4n) is 2.36. The Labute approximate surface area is 123 Å². The molecule has 0 radical (unpaired) electrons. The SMILES string of the molecule is CC(C)(C)n1ncc2c(NOCC3CCOC3)ncnc21. The molecule has 0 bridgehead atoms. The number of anilines is 1. The predicted molar refractivity (Wildman–Crippen MR) is 78.8 cm³/mol. The Bertz CT molecular complexity index is 613. The fourth-order valence-corrected chi connectivity index (χ4v) is 2.36. The van der Waals surface area contributed by atoms with E-state index in [1.807, 2.05) is 4.68 Å². The van der Waals surface area contributed by atoms with Crippen LogP contribution in [0.2, 0.25) is 0 Å². The van der Waals surface area contributed by atoms with Crippen LogP contribution in [-0.4, -0.2) is 39.6 Å². The smallest absolute Gasteiger partial charge is 0.164 e. The van der Waals surface area contributed by atoms with Crippen molar-refractivity contribution in [2.24, 2.45) is 5.92 Å². The Balaban J connectivity index is 1.74. The molecule has 0 aromatic carbocycles. The van der Waals surface area contributed by atoms with Crippen molar-refractivity contribution in [1.82, 2.24) is 19.7 Å². The van der Waals surface area contributed by atoms with Gasteiger partial charge in [0.25, 0.3) is 0 Å². The third kappa shape index (κ3) is 2.98. The molecule has 2 aromatic heterocycles. The van der Waals surface area contributed by atoms with Gasteiger partial charge in [0.15, 0.2) is 11.5 Å². The van der Waals surface area contributed by atoms with Crippen molar-refractivity contribution >= 4 is 16.9 Å². The molecule has 0 saturated carbocycles. The van der Waals surface area contributed by atoms with Crippen molar-refractivity contribution in [3.63, 3.8) is 0 Å². The zero-order chi connectivity index (χ0) is 14.9. The maximum atomic E-state index is 5.55. The van der Waals surface area contributed by atoms with E-state index in [0.717, 1.165) is 30.7 Å². The summed E-state index contributed by atoms with van der Waals surface area (Å²) in [5.41, 5.74) is 3.59. The standard InChI is InChI=1S/C14H21N5O2/c1-14(2,3)19-13-11(6-17-19)12(15-9-16-13)18-21-8-10-4-5-20-7-10/h6,9-10H,4-5,7-8H2,1-3H3,(H,15,16,18). The number of ether oxygens (including phenoxy) is 1. The molecule has 1 unspecified atom stereocenters. The van der Waals surface area contributed by atoms with Crippen molar-refractivity contribution in [2.75, 3.05) is 25.3 Å². The third-order valence-electron chi connectivity index (χ3n) is 3.51. The summed E-state index contributed by atoms with van der Waals surface area (Å²) in [6.45, 7) is 8.47. The lowest BCUT2D eigenvalue weighted by atomic mass is 10.1. The normalized spacial score (nSPS) is 19.3. The molecule has 1 aliphatic rings. The van der Waals surface area contributed by atoms with E-state index in [0.29, 0.717) is 18.3 Å². The molecule has 1 fully saturated rings. The molecular weight excluding hydrogens is 270 g/mol. The van der Waals surface area contributed by atoms with E-state index in [-0.39, 0.29) is 5.54 Å². The Morgan fingerprint density at radius 2 is 2.29 bits per heavy atom. The summed E-state index contributed by atoms with van der Waals surface area (Å²) in [7, 11) is 0. The van der Waals surface area contributed by atoms with E-state index in [9.17, 15) is 0 Å². The first-order valence-electron chi connectivity index (χ1n) is 7.20. The number of fused-ring (bicyclic) bond motifs is 1. The average molecular weight is 291 g/mol. The van der Waals surface area contributed by atoms with Gasteiger partial charge in [0.2, 0.25) is 0 Å². The number of nitrogens with one attached hydrogen (secondary N) is 1. The number of hydrogen-bond acceptors (Lipinski definition) is 6. The monoisotopic (exact) mass is 291 g/mol. The molecule has 1 saturated heterocycles. The van der Waals surface area contributed by atoms with Gasteiger partial charge in [-0.05, 0) is 27.2 Å². The van der Waals surface area contributed by atoms with Crippen molar-refractivity contribution in [3.05, 3.63) is 12.5 Å². The van der Waals surface area contributed by atoms with Gasteiger partial charge in [0.05, 0.1) is 30.3 Å². The molecule has 0 spiro atoms. The van der Waals surface area contributed by atoms with Crippen LogP contribution in [0.4, 0.5) is 5.82 Å². The van der Waals surface area contributed by atoms with E-state index >= 15 is 0 Å². The van der Waals surface area contributed by atoms with Gasteiger partial charge in [-0.15, -0.1) is 0 Å². The van der Waals surface area contributed by atoms with Crippen molar-refractivity contribution in [3.8, 4) is 0 Å². The highest BCUT2D eigenvalue weighted by molar-refractivity contribution is 5.85. The first kappa shape index (κ1) is 14.2. The Kier molecular flexibility index (Phi) is 3.77. The van der Waals surface area contributed by atoms with Gasteiger partial charge in [0, 0.05) is 12.5 Å². The van der Waals surface area contributed by atoms with Gasteiger partial charge in [-0.25, -0.2) is 20.1 Å². The molecule has 0 aliphatic carbocycles. The van der Waals surface area contributed by atoms with E-state index in [4.69, 9.17) is 9.57 Å². The van der Waals surface area contributed by atoms with Gasteiger partial charge in [-0.1, -0.05) is 0 Å². The quantitative estimate of drug-likeness (QED) is 0.868. The van der Waals surface area contributed by atoms with Crippen LogP contribution in [0, 0.1) is 5.92 Å². The lowest BCUT2D eigenvalue weighted by Gasteiger charge is -2.19. The van der Waals surface area contributed by atoms with Crippen molar-refractivity contribution in [2.45, 2.75) is 32.7 Å². The van der Waals surface area contributed by atoms with Crippen molar-refractivity contribution in [1.29, 1.82) is 0 Å². The average Bonchev–Trinajstić information content (AvgIpc) is 3.06. The lowest BCUT2D eigenvalue weighted by molar-refractivity contribution is 0.126. The molecule has 3 heterocycles. The van der Waals surface area contributed by atoms with Gasteiger partial charge in [-0.3, -0.25) is 4.84 Å². The molecule has 3 rings (SSSR count). The Morgan fingerprint density at radius 1 is 1.43 bits per heavy atom. The summed E-state index contributed by atoms with van der Waals surface area (Å²) < 4.78 is 7.21. The predicted octanol–water partition coefficient (Wildman–Crippen LogP) is 1.96. The van der Waals surface area contributed by atoms with Crippen LogP contribution in [0.3, 0.4) is 0 Å². The molecule has 114 valence electrons. The summed E-state index contributed by atoms with van der Waals surface area (Å²) in [4.78, 5) is 14.1. The maximum absolute atomic E-state index is 5.55. The second kappa shape index (κ2) is 5.57. The van der Waals surface area contributed by atoms with E-state index in [1.165, 1.54) is 6.33 Å². The van der Waals surface area contributed by atoms with Crippen LogP contribution in [-0.2, 0) is 15.1 Å². The molecule has 2 aromatic rings. The van der Waals surface area contributed by atoms with E-state index in [2.05, 4.69) is 41.3 Å². The second-order valence-corrected chi connectivity index (χ2v) is 6.33. The summed E-state index contributed by atoms with van der Waals surface area (Å²) in [5, 5.41) is 5.27. The van der Waals surface area contributed by atoms with E-state index in [1.54, 1.807) is 6.20 Å². The molecule has 21 heavy (non-hydrogen) atoms. The summed E-state index contributed by atoms with van der Waals surface area (Å²) in [5.74, 6) is 1.10. The minimum atomic E-state index is -0.130. The highest BCUT2D eigenvalue weighted by Gasteiger charge is 2.20. The molecule has 1 N–H and O–H groups in total. The number of aromatic nitrogens is 4.